The molecule has 3 heteroatoms. The molecule has 0 amide bonds. The van der Waals surface area contributed by atoms with Gasteiger partial charge < -0.3 is 5.11 Å². The van der Waals surface area contributed by atoms with Gasteiger partial charge in [0, 0.05) is 5.56 Å². The van der Waals surface area contributed by atoms with Crippen LogP contribution in [0.25, 0.3) is 0 Å². The molecule has 1 aromatic carbocycles. The van der Waals surface area contributed by atoms with E-state index in [1.807, 2.05) is 24.3 Å². The van der Waals surface area contributed by atoms with Gasteiger partial charge in [-0.2, -0.15) is 0 Å². The Morgan fingerprint density at radius 3 is 2.55 bits per heavy atom. The maximum absolute atomic E-state index is 11.1. The predicted octanol–water partition coefficient (Wildman–Crippen LogP) is 3.97. The van der Waals surface area contributed by atoms with Crippen LogP contribution in [0.3, 0.4) is 0 Å². The minimum atomic E-state index is -0.240. The van der Waals surface area contributed by atoms with Crippen LogP contribution in [0.1, 0.15) is 48.0 Å². The van der Waals surface area contributed by atoms with Crippen LogP contribution in [0.4, 0.5) is 0 Å². The zero-order valence-corrected chi connectivity index (χ0v) is 12.9. The van der Waals surface area contributed by atoms with E-state index in [9.17, 15) is 9.90 Å². The second kappa shape index (κ2) is 6.49. The van der Waals surface area contributed by atoms with Crippen molar-refractivity contribution in [3.8, 4) is 0 Å². The molecule has 0 aromatic heterocycles. The summed E-state index contributed by atoms with van der Waals surface area (Å²) in [5.41, 5.74) is 1.60. The zero-order valence-electron chi connectivity index (χ0n) is 12.9. The number of aliphatic hydroxyl groups excluding tert-OH is 1. The molecular weight excluding hydrogens is 274 g/mol. The van der Waals surface area contributed by atoms with E-state index < -0.39 is 0 Å². The number of rotatable bonds is 3. The summed E-state index contributed by atoms with van der Waals surface area (Å²) < 4.78 is 0. The van der Waals surface area contributed by atoms with Crippen molar-refractivity contribution in [3.63, 3.8) is 0 Å². The molecule has 1 aromatic rings. The summed E-state index contributed by atoms with van der Waals surface area (Å²) >= 11 is 0. The molecule has 1 aliphatic carbocycles. The summed E-state index contributed by atoms with van der Waals surface area (Å²) in [5.74, 6) is 0.331. The fraction of sp³-hybridized carbons (Fsp3) is 0.421. The predicted molar refractivity (Wildman–Crippen MR) is 88.0 cm³/mol. The highest BCUT2D eigenvalue weighted by molar-refractivity contribution is 5.75. The van der Waals surface area contributed by atoms with Crippen LogP contribution in [0.2, 0.25) is 0 Å². The molecular formula is C19H23NO2. The van der Waals surface area contributed by atoms with Gasteiger partial charge in [-0.25, -0.2) is 0 Å². The first kappa shape index (κ1) is 15.0. The molecule has 116 valence electrons. The Morgan fingerprint density at radius 2 is 1.91 bits per heavy atom. The lowest BCUT2D eigenvalue weighted by Gasteiger charge is -2.43. The molecule has 1 N–H and O–H groups in total. The number of carbonyl (C=O) groups excluding carboxylic acids is 1. The fourth-order valence-corrected chi connectivity index (χ4v) is 3.60. The van der Waals surface area contributed by atoms with Gasteiger partial charge in [-0.1, -0.05) is 37.1 Å². The first-order valence-electron chi connectivity index (χ1n) is 8.14. The highest BCUT2D eigenvalue weighted by atomic mass is 16.3. The average Bonchev–Trinajstić information content (AvgIpc) is 2.86. The minimum absolute atomic E-state index is 0.240. The van der Waals surface area contributed by atoms with E-state index in [-0.39, 0.29) is 5.54 Å². The van der Waals surface area contributed by atoms with Gasteiger partial charge in [-0.15, -0.1) is 0 Å². The lowest BCUT2D eigenvalue weighted by atomic mass is 9.81. The first-order valence-corrected chi connectivity index (χ1v) is 8.14. The Bertz CT molecular complexity index is 597. The molecule has 0 bridgehead atoms. The second-order valence-corrected chi connectivity index (χ2v) is 6.24. The Morgan fingerprint density at radius 1 is 1.14 bits per heavy atom. The number of allylic oxidation sites excluding steroid dienone is 1. The van der Waals surface area contributed by atoms with Gasteiger partial charge in [0.25, 0.3) is 0 Å². The number of aldehydes is 1. The second-order valence-electron chi connectivity index (χ2n) is 6.24. The highest BCUT2D eigenvalue weighted by Crippen LogP contribution is 2.38. The molecule has 2 aliphatic rings. The van der Waals surface area contributed by atoms with E-state index in [1.165, 1.54) is 25.7 Å². The summed E-state index contributed by atoms with van der Waals surface area (Å²) in [4.78, 5) is 13.7. The van der Waals surface area contributed by atoms with Crippen molar-refractivity contribution in [2.75, 3.05) is 13.1 Å². The smallest absolute Gasteiger partial charge is 0.150 e. The van der Waals surface area contributed by atoms with Crippen molar-refractivity contribution < 1.29 is 9.90 Å². The monoisotopic (exact) mass is 297 g/mol. The van der Waals surface area contributed by atoms with Gasteiger partial charge in [0.15, 0.2) is 0 Å². The van der Waals surface area contributed by atoms with Gasteiger partial charge in [0.05, 0.1) is 5.54 Å². The van der Waals surface area contributed by atoms with Crippen LogP contribution in [-0.4, -0.2) is 29.4 Å². The van der Waals surface area contributed by atoms with Crippen LogP contribution in [0, 0.1) is 0 Å². The van der Waals surface area contributed by atoms with E-state index >= 15 is 0 Å². The number of hydrogen-bond donors (Lipinski definition) is 1. The molecule has 22 heavy (non-hydrogen) atoms. The Balaban J connectivity index is 2.02. The topological polar surface area (TPSA) is 40.5 Å². The van der Waals surface area contributed by atoms with Crippen molar-refractivity contribution in [1.29, 1.82) is 0 Å². The van der Waals surface area contributed by atoms with E-state index in [0.717, 1.165) is 31.4 Å². The maximum Gasteiger partial charge on any atom is 0.150 e. The van der Waals surface area contributed by atoms with Crippen LogP contribution in [0.5, 0.6) is 0 Å². The van der Waals surface area contributed by atoms with Crippen LogP contribution in [0.15, 0.2) is 48.3 Å². The first-order chi connectivity index (χ1) is 10.7. The third-order valence-electron chi connectivity index (χ3n) is 4.85. The number of aliphatic hydroxyl groups is 1. The fourth-order valence-electron chi connectivity index (χ4n) is 3.60. The normalized spacial score (nSPS) is 26.3. The zero-order chi connectivity index (χ0) is 15.4. The lowest BCUT2D eigenvalue weighted by Crippen LogP contribution is -2.46. The van der Waals surface area contributed by atoms with Crippen molar-refractivity contribution in [2.45, 2.75) is 37.6 Å². The molecule has 3 nitrogen and oxygen atoms in total. The summed E-state index contributed by atoms with van der Waals surface area (Å²) in [7, 11) is 0. The molecule has 1 saturated heterocycles. The number of nitrogens with zero attached hydrogens (tertiary/aromatic N) is 1. The van der Waals surface area contributed by atoms with Crippen molar-refractivity contribution in [1.82, 2.24) is 4.90 Å². The maximum atomic E-state index is 11.1. The lowest BCUT2D eigenvalue weighted by molar-refractivity contribution is 0.112. The molecule has 1 heterocycles. The summed E-state index contributed by atoms with van der Waals surface area (Å²) in [6.45, 7) is 2.12. The molecule has 3 rings (SSSR count). The van der Waals surface area contributed by atoms with Crippen molar-refractivity contribution >= 4 is 6.29 Å². The highest BCUT2D eigenvalue weighted by Gasteiger charge is 2.37. The molecule has 0 spiro atoms. The van der Waals surface area contributed by atoms with Gasteiger partial charge in [-0.05, 0) is 56.1 Å². The quantitative estimate of drug-likeness (QED) is 0.858. The number of benzene rings is 1. The molecule has 1 fully saturated rings. The molecule has 0 saturated carbocycles. The number of hydrogen-bond acceptors (Lipinski definition) is 3. The van der Waals surface area contributed by atoms with Gasteiger partial charge in [0.2, 0.25) is 0 Å². The van der Waals surface area contributed by atoms with Gasteiger partial charge in [-0.3, -0.25) is 9.69 Å². The van der Waals surface area contributed by atoms with Gasteiger partial charge >= 0.3 is 0 Å². The largest absolute Gasteiger partial charge is 0.508 e. The Labute approximate surface area is 132 Å². The Kier molecular flexibility index (Phi) is 4.44. The van der Waals surface area contributed by atoms with E-state index in [2.05, 4.69) is 17.0 Å². The van der Waals surface area contributed by atoms with E-state index in [0.29, 0.717) is 11.3 Å². The number of likely N-dealkylation sites (tertiary alicyclic amines) is 1. The Hall–Kier alpha value is -1.87. The van der Waals surface area contributed by atoms with E-state index in [1.54, 1.807) is 6.08 Å². The molecule has 1 aliphatic heterocycles. The third kappa shape index (κ3) is 2.86. The molecule has 0 radical (unpaired) electrons. The van der Waals surface area contributed by atoms with Crippen LogP contribution < -0.4 is 0 Å². The van der Waals surface area contributed by atoms with Crippen molar-refractivity contribution in [3.05, 3.63) is 59.4 Å². The van der Waals surface area contributed by atoms with Crippen molar-refractivity contribution in [2.24, 2.45) is 0 Å². The van der Waals surface area contributed by atoms with Crippen LogP contribution >= 0.6 is 0 Å². The standard InChI is InChI=1S/C19H23NO2/c21-15-16-6-5-7-17(14-16)19(10-8-18(22)9-11-19)20-12-3-1-2-4-13-20/h5-10,14-15,22H,1-4,11-13H2. The summed E-state index contributed by atoms with van der Waals surface area (Å²) in [5, 5.41) is 9.74. The molecule has 1 unspecified atom stereocenters. The average molecular weight is 297 g/mol. The summed E-state index contributed by atoms with van der Waals surface area (Å²) in [6.07, 6.45) is 12.4. The number of carbonyl (C=O) groups is 1. The SMILES string of the molecule is O=Cc1cccc(C2(N3CCCCCC3)C=CC(O)=CC2)c1. The van der Waals surface area contributed by atoms with Crippen LogP contribution in [-0.2, 0) is 5.54 Å². The van der Waals surface area contributed by atoms with E-state index in [4.69, 9.17) is 0 Å². The minimum Gasteiger partial charge on any atom is -0.508 e. The third-order valence-corrected chi connectivity index (χ3v) is 4.85. The molecule has 1 atom stereocenters. The van der Waals surface area contributed by atoms with Gasteiger partial charge in [0.1, 0.15) is 12.0 Å². The summed E-state index contributed by atoms with van der Waals surface area (Å²) in [6, 6.07) is 7.87.